The molecule has 2 aromatic rings. The van der Waals surface area contributed by atoms with E-state index in [4.69, 9.17) is 0 Å². The van der Waals surface area contributed by atoms with Gasteiger partial charge in [0.2, 0.25) is 0 Å². The number of likely N-dealkylation sites (tertiary alicyclic amines) is 1. The van der Waals surface area contributed by atoms with Crippen LogP contribution in [0.15, 0.2) is 48.5 Å². The zero-order chi connectivity index (χ0) is 21.0. The molecule has 2 amide bonds. The number of benzene rings is 2. The molecule has 29 heavy (non-hydrogen) atoms. The molecule has 154 valence electrons. The standard InChI is InChI=1S/C22H25FN2O4/c1-15-4-2-3-5-17(15)13-24-21(29)25-11-10-19(26)22(14-25,20(27)28)12-16-6-8-18(23)9-7-16/h2-9,19,26H,10-14H2,1H3,(H,24,29)(H,27,28)/t19-,22-/m1/s1. The van der Waals surface area contributed by atoms with Gasteiger partial charge in [-0.05, 0) is 48.6 Å². The summed E-state index contributed by atoms with van der Waals surface area (Å²) in [5.74, 6) is -1.59. The molecule has 1 fully saturated rings. The number of carbonyl (C=O) groups excluding carboxylic acids is 1. The minimum atomic E-state index is -1.55. The maximum absolute atomic E-state index is 13.2. The number of nitrogens with one attached hydrogen (secondary N) is 1. The lowest BCUT2D eigenvalue weighted by atomic mass is 9.73. The molecule has 1 aliphatic rings. The van der Waals surface area contributed by atoms with Crippen molar-refractivity contribution >= 4 is 12.0 Å². The molecule has 0 saturated carbocycles. The van der Waals surface area contributed by atoms with Gasteiger partial charge in [0.1, 0.15) is 11.2 Å². The van der Waals surface area contributed by atoms with E-state index in [9.17, 15) is 24.2 Å². The third-order valence-corrected chi connectivity index (χ3v) is 5.62. The van der Waals surface area contributed by atoms with Crippen molar-refractivity contribution in [2.45, 2.75) is 32.4 Å². The lowest BCUT2D eigenvalue weighted by Crippen LogP contribution is -2.59. The van der Waals surface area contributed by atoms with Gasteiger partial charge in [-0.15, -0.1) is 0 Å². The molecule has 0 unspecified atom stereocenters. The van der Waals surface area contributed by atoms with Crippen LogP contribution >= 0.6 is 0 Å². The molecule has 7 heteroatoms. The molecule has 1 aliphatic heterocycles. The molecule has 0 aliphatic carbocycles. The molecule has 0 spiro atoms. The van der Waals surface area contributed by atoms with Crippen LogP contribution in [-0.4, -0.2) is 46.3 Å². The van der Waals surface area contributed by atoms with E-state index in [0.717, 1.165) is 11.1 Å². The van der Waals surface area contributed by atoms with E-state index in [1.807, 2.05) is 31.2 Å². The Hall–Kier alpha value is -2.93. The lowest BCUT2D eigenvalue weighted by molar-refractivity contribution is -0.161. The van der Waals surface area contributed by atoms with E-state index in [1.165, 1.54) is 29.2 Å². The molecule has 0 aromatic heterocycles. The molecule has 0 radical (unpaired) electrons. The molecule has 3 N–H and O–H groups in total. The predicted octanol–water partition coefficient (Wildman–Crippen LogP) is 2.72. The number of carboxylic acid groups (broad SMARTS) is 1. The summed E-state index contributed by atoms with van der Waals surface area (Å²) in [4.78, 5) is 26.3. The van der Waals surface area contributed by atoms with Crippen LogP contribution in [0, 0.1) is 18.2 Å². The topological polar surface area (TPSA) is 89.9 Å². The number of urea groups is 1. The maximum Gasteiger partial charge on any atom is 0.317 e. The number of aliphatic hydroxyl groups excluding tert-OH is 1. The van der Waals surface area contributed by atoms with Crippen LogP contribution < -0.4 is 5.32 Å². The number of aliphatic hydroxyl groups is 1. The highest BCUT2D eigenvalue weighted by atomic mass is 19.1. The number of hydrogen-bond donors (Lipinski definition) is 3. The van der Waals surface area contributed by atoms with E-state index in [2.05, 4.69) is 5.32 Å². The molecule has 6 nitrogen and oxygen atoms in total. The molecule has 2 aromatic carbocycles. The summed E-state index contributed by atoms with van der Waals surface area (Å²) in [6, 6.07) is 12.8. The smallest absolute Gasteiger partial charge is 0.317 e. The molecule has 1 heterocycles. The maximum atomic E-state index is 13.2. The Bertz CT molecular complexity index is 887. The number of hydrogen-bond acceptors (Lipinski definition) is 3. The van der Waals surface area contributed by atoms with Crippen LogP contribution in [0.4, 0.5) is 9.18 Å². The number of carboxylic acids is 1. The van der Waals surface area contributed by atoms with Crippen LogP contribution in [0.25, 0.3) is 0 Å². The minimum absolute atomic E-state index is 0.00531. The number of piperidine rings is 1. The summed E-state index contributed by atoms with van der Waals surface area (Å²) in [7, 11) is 0. The van der Waals surface area contributed by atoms with Gasteiger partial charge in [-0.2, -0.15) is 0 Å². The summed E-state index contributed by atoms with van der Waals surface area (Å²) in [6.45, 7) is 2.43. The molecule has 0 bridgehead atoms. The van der Waals surface area contributed by atoms with E-state index in [-0.39, 0.29) is 32.0 Å². The zero-order valence-electron chi connectivity index (χ0n) is 16.3. The number of nitrogens with zero attached hydrogens (tertiary/aromatic N) is 1. The fourth-order valence-corrected chi connectivity index (χ4v) is 3.77. The van der Waals surface area contributed by atoms with Crippen LogP contribution in [-0.2, 0) is 17.8 Å². The molecular weight excluding hydrogens is 375 g/mol. The summed E-state index contributed by atoms with van der Waals surface area (Å²) >= 11 is 0. The fourth-order valence-electron chi connectivity index (χ4n) is 3.77. The lowest BCUT2D eigenvalue weighted by Gasteiger charge is -2.43. The number of amides is 2. The first kappa shape index (κ1) is 20.8. The minimum Gasteiger partial charge on any atom is -0.481 e. The normalized spacial score (nSPS) is 21.6. The Kier molecular flexibility index (Phi) is 6.17. The largest absolute Gasteiger partial charge is 0.481 e. The second-order valence-electron chi connectivity index (χ2n) is 7.58. The van der Waals surface area contributed by atoms with Crippen LogP contribution in [0.2, 0.25) is 0 Å². The van der Waals surface area contributed by atoms with E-state index >= 15 is 0 Å². The Morgan fingerprint density at radius 2 is 1.90 bits per heavy atom. The first-order valence-corrected chi connectivity index (χ1v) is 9.55. The van der Waals surface area contributed by atoms with E-state index in [0.29, 0.717) is 12.1 Å². The van der Waals surface area contributed by atoms with Gasteiger partial charge in [0.25, 0.3) is 0 Å². The monoisotopic (exact) mass is 400 g/mol. The molecule has 3 rings (SSSR count). The molecular formula is C22H25FN2O4. The van der Waals surface area contributed by atoms with Gasteiger partial charge in [-0.1, -0.05) is 36.4 Å². The Balaban J connectivity index is 1.74. The predicted molar refractivity (Wildman–Crippen MR) is 106 cm³/mol. The Morgan fingerprint density at radius 1 is 1.21 bits per heavy atom. The van der Waals surface area contributed by atoms with Gasteiger partial charge in [0.05, 0.1) is 6.10 Å². The summed E-state index contributed by atoms with van der Waals surface area (Å²) < 4.78 is 13.2. The van der Waals surface area contributed by atoms with E-state index < -0.39 is 23.3 Å². The van der Waals surface area contributed by atoms with Crippen molar-refractivity contribution in [3.63, 3.8) is 0 Å². The zero-order valence-corrected chi connectivity index (χ0v) is 16.3. The summed E-state index contributed by atoms with van der Waals surface area (Å²) in [6.07, 6.45) is -0.943. The number of rotatable bonds is 5. The van der Waals surface area contributed by atoms with Gasteiger partial charge in [0.15, 0.2) is 0 Å². The van der Waals surface area contributed by atoms with Crippen molar-refractivity contribution in [2.75, 3.05) is 13.1 Å². The van der Waals surface area contributed by atoms with Crippen LogP contribution in [0.3, 0.4) is 0 Å². The Morgan fingerprint density at radius 3 is 2.55 bits per heavy atom. The highest BCUT2D eigenvalue weighted by Crippen LogP contribution is 2.35. The number of aliphatic carboxylic acids is 1. The number of halogens is 1. The Labute approximate surface area is 169 Å². The summed E-state index contributed by atoms with van der Waals surface area (Å²) in [5, 5.41) is 23.3. The molecule has 1 saturated heterocycles. The van der Waals surface area contributed by atoms with Gasteiger partial charge in [0, 0.05) is 19.6 Å². The highest BCUT2D eigenvalue weighted by Gasteiger charge is 2.50. The van der Waals surface area contributed by atoms with Crippen LogP contribution in [0.5, 0.6) is 0 Å². The quantitative estimate of drug-likeness (QED) is 0.720. The average molecular weight is 400 g/mol. The number of carbonyl (C=O) groups is 2. The van der Waals surface area contributed by atoms with Gasteiger partial charge >= 0.3 is 12.0 Å². The van der Waals surface area contributed by atoms with Crippen molar-refractivity contribution in [1.29, 1.82) is 0 Å². The van der Waals surface area contributed by atoms with Crippen molar-refractivity contribution in [2.24, 2.45) is 5.41 Å². The molecule has 2 atom stereocenters. The van der Waals surface area contributed by atoms with Gasteiger partial charge < -0.3 is 20.4 Å². The number of aryl methyl sites for hydroxylation is 1. The van der Waals surface area contributed by atoms with Gasteiger partial charge in [-0.25, -0.2) is 9.18 Å². The second kappa shape index (κ2) is 8.61. The average Bonchev–Trinajstić information content (AvgIpc) is 2.70. The van der Waals surface area contributed by atoms with Gasteiger partial charge in [-0.3, -0.25) is 4.79 Å². The third-order valence-electron chi connectivity index (χ3n) is 5.62. The highest BCUT2D eigenvalue weighted by molar-refractivity contribution is 5.80. The van der Waals surface area contributed by atoms with Crippen molar-refractivity contribution in [3.8, 4) is 0 Å². The fraction of sp³-hybridized carbons (Fsp3) is 0.364. The first-order chi connectivity index (χ1) is 13.8. The second-order valence-corrected chi connectivity index (χ2v) is 7.58. The SMILES string of the molecule is Cc1ccccc1CNC(=O)N1CC[C@@H](O)[C@](Cc2ccc(F)cc2)(C(=O)O)C1. The first-order valence-electron chi connectivity index (χ1n) is 9.55. The van der Waals surface area contributed by atoms with Crippen molar-refractivity contribution in [3.05, 3.63) is 71.0 Å². The third kappa shape index (κ3) is 4.56. The van der Waals surface area contributed by atoms with Crippen molar-refractivity contribution in [1.82, 2.24) is 10.2 Å². The van der Waals surface area contributed by atoms with Crippen LogP contribution in [0.1, 0.15) is 23.1 Å². The van der Waals surface area contributed by atoms with E-state index in [1.54, 1.807) is 0 Å². The summed E-state index contributed by atoms with van der Waals surface area (Å²) in [5.41, 5.74) is 1.08. The van der Waals surface area contributed by atoms with Crippen molar-refractivity contribution < 1.29 is 24.2 Å².